The summed E-state index contributed by atoms with van der Waals surface area (Å²) in [6, 6.07) is 14.3. The van der Waals surface area contributed by atoms with Crippen LogP contribution in [0.15, 0.2) is 60.8 Å². The van der Waals surface area contributed by atoms with E-state index in [4.69, 9.17) is 21.1 Å². The Morgan fingerprint density at radius 2 is 1.85 bits per heavy atom. The van der Waals surface area contributed by atoms with Gasteiger partial charge in [-0.25, -0.2) is 24.1 Å². The van der Waals surface area contributed by atoms with E-state index in [1.54, 1.807) is 22.8 Å². The highest BCUT2D eigenvalue weighted by atomic mass is 35.5. The molecule has 2 aromatic carbocycles. The fraction of sp³-hybridized carbons (Fsp3) is 0.207. The Kier molecular flexibility index (Phi) is 7.29. The lowest BCUT2D eigenvalue weighted by atomic mass is 10.1. The number of carbonyl (C=O) groups is 1. The Morgan fingerprint density at radius 1 is 1.05 bits per heavy atom. The second-order valence-corrected chi connectivity index (χ2v) is 9.98. The zero-order valence-corrected chi connectivity index (χ0v) is 22.2. The molecule has 0 radical (unpaired) electrons. The number of fused-ring (bicyclic) bond motifs is 1. The van der Waals surface area contributed by atoms with Crippen LogP contribution in [0.4, 0.5) is 8.78 Å². The molecule has 9 nitrogen and oxygen atoms in total. The minimum atomic E-state index is -1.15. The maximum atomic E-state index is 15.3. The standard InChI is InChI=1S/C29H22ClF2N5O4/c30-18-4-1-16(2-5-18)11-25-33-14-22(32)28(36-25)41-19-6-3-17(21(31)13-19)12-26-34-23-7-8-24(29(38)39)35-27(23)37(26)15-20-9-10-40-20/h1-8,13-14,20H,9-12,15H2,(H,38,39)/t20-/m0/s1. The number of halogens is 3. The predicted molar refractivity (Wildman–Crippen MR) is 144 cm³/mol. The average Bonchev–Trinajstić information content (AvgIpc) is 3.27. The number of hydrogen-bond acceptors (Lipinski definition) is 7. The van der Waals surface area contributed by atoms with Crippen molar-refractivity contribution in [3.63, 3.8) is 0 Å². The Labute approximate surface area is 237 Å². The highest BCUT2D eigenvalue weighted by molar-refractivity contribution is 6.30. The van der Waals surface area contributed by atoms with Crippen LogP contribution in [0.25, 0.3) is 11.2 Å². The lowest BCUT2D eigenvalue weighted by Gasteiger charge is -2.27. The van der Waals surface area contributed by atoms with E-state index in [1.165, 1.54) is 18.2 Å². The molecular formula is C29H22ClF2N5O4. The van der Waals surface area contributed by atoms with Crippen molar-refractivity contribution in [2.45, 2.75) is 31.9 Å². The molecule has 12 heteroatoms. The Bertz CT molecular complexity index is 1760. The summed E-state index contributed by atoms with van der Waals surface area (Å²) >= 11 is 5.93. The van der Waals surface area contributed by atoms with E-state index in [9.17, 15) is 14.3 Å². The largest absolute Gasteiger partial charge is 0.477 e. The number of hydrogen-bond donors (Lipinski definition) is 1. The van der Waals surface area contributed by atoms with Crippen LogP contribution in [0.5, 0.6) is 11.6 Å². The van der Waals surface area contributed by atoms with Crippen molar-refractivity contribution in [3.05, 3.63) is 106 Å². The number of carboxylic acid groups (broad SMARTS) is 1. The first-order valence-electron chi connectivity index (χ1n) is 12.8. The highest BCUT2D eigenvalue weighted by Gasteiger charge is 2.24. The summed E-state index contributed by atoms with van der Waals surface area (Å²) in [7, 11) is 0. The van der Waals surface area contributed by atoms with Gasteiger partial charge in [0, 0.05) is 30.5 Å². The van der Waals surface area contributed by atoms with Gasteiger partial charge in [0.1, 0.15) is 28.7 Å². The van der Waals surface area contributed by atoms with E-state index < -0.39 is 17.6 Å². The van der Waals surface area contributed by atoms with E-state index in [0.29, 0.717) is 53.0 Å². The third kappa shape index (κ3) is 5.86. The lowest BCUT2D eigenvalue weighted by Crippen LogP contribution is -2.32. The van der Waals surface area contributed by atoms with Crippen molar-refractivity contribution in [1.82, 2.24) is 24.5 Å². The molecule has 0 aliphatic carbocycles. The first-order valence-corrected chi connectivity index (χ1v) is 13.1. The van der Waals surface area contributed by atoms with Crippen LogP contribution in [-0.4, -0.2) is 48.3 Å². The van der Waals surface area contributed by atoms with Crippen LogP contribution in [0.2, 0.25) is 5.02 Å². The van der Waals surface area contributed by atoms with E-state index in [1.807, 2.05) is 12.1 Å². The Balaban J connectivity index is 1.23. The monoisotopic (exact) mass is 577 g/mol. The summed E-state index contributed by atoms with van der Waals surface area (Å²) in [5.74, 6) is -1.95. The predicted octanol–water partition coefficient (Wildman–Crippen LogP) is 5.61. The van der Waals surface area contributed by atoms with Crippen LogP contribution in [0.3, 0.4) is 0 Å². The SMILES string of the molecule is O=C(O)c1ccc2nc(Cc3ccc(Oc4nc(Cc5ccc(Cl)cc5)ncc4F)cc3F)n(C[C@@H]3CCO3)c2n1. The normalized spacial score (nSPS) is 14.7. The molecule has 3 aromatic heterocycles. The number of rotatable bonds is 9. The molecule has 0 spiro atoms. The summed E-state index contributed by atoms with van der Waals surface area (Å²) in [5, 5.41) is 9.97. The molecule has 1 fully saturated rings. The van der Waals surface area contributed by atoms with Crippen LogP contribution in [0.1, 0.15) is 39.7 Å². The van der Waals surface area contributed by atoms with Gasteiger partial charge < -0.3 is 19.1 Å². The Morgan fingerprint density at radius 3 is 2.56 bits per heavy atom. The number of ether oxygens (including phenoxy) is 2. The summed E-state index contributed by atoms with van der Waals surface area (Å²) < 4.78 is 42.6. The van der Waals surface area contributed by atoms with Crippen molar-refractivity contribution >= 4 is 28.7 Å². The molecular weight excluding hydrogens is 556 g/mol. The summed E-state index contributed by atoms with van der Waals surface area (Å²) in [6.45, 7) is 1.06. The van der Waals surface area contributed by atoms with Gasteiger partial charge in [0.25, 0.3) is 5.88 Å². The van der Waals surface area contributed by atoms with Gasteiger partial charge in [-0.2, -0.15) is 9.37 Å². The average molecular weight is 578 g/mol. The molecule has 1 atom stereocenters. The summed E-state index contributed by atoms with van der Waals surface area (Å²) in [4.78, 5) is 28.5. The molecule has 5 aromatic rings. The fourth-order valence-electron chi connectivity index (χ4n) is 4.47. The Hall–Kier alpha value is -4.48. The molecule has 208 valence electrons. The molecule has 6 rings (SSSR count). The van der Waals surface area contributed by atoms with E-state index in [0.717, 1.165) is 24.2 Å². The third-order valence-electron chi connectivity index (χ3n) is 6.69. The maximum Gasteiger partial charge on any atom is 0.354 e. The van der Waals surface area contributed by atoms with E-state index in [2.05, 4.69) is 19.9 Å². The van der Waals surface area contributed by atoms with E-state index >= 15 is 4.39 Å². The van der Waals surface area contributed by atoms with Crippen molar-refractivity contribution in [1.29, 1.82) is 0 Å². The van der Waals surface area contributed by atoms with Gasteiger partial charge in [-0.05, 0) is 47.9 Å². The van der Waals surface area contributed by atoms with Gasteiger partial charge in [0.05, 0.1) is 18.8 Å². The zero-order valence-electron chi connectivity index (χ0n) is 21.4. The smallest absolute Gasteiger partial charge is 0.354 e. The molecule has 1 aliphatic heterocycles. The van der Waals surface area contributed by atoms with Crippen molar-refractivity contribution in [2.75, 3.05) is 6.61 Å². The number of aromatic carboxylic acids is 1. The molecule has 0 amide bonds. The zero-order chi connectivity index (χ0) is 28.5. The van der Waals surface area contributed by atoms with E-state index in [-0.39, 0.29) is 29.8 Å². The lowest BCUT2D eigenvalue weighted by molar-refractivity contribution is -0.0590. The molecule has 1 N–H and O–H groups in total. The number of aromatic nitrogens is 5. The molecule has 4 heterocycles. The molecule has 1 saturated heterocycles. The summed E-state index contributed by atoms with van der Waals surface area (Å²) in [6.07, 6.45) is 2.23. The van der Waals surface area contributed by atoms with Crippen LogP contribution >= 0.6 is 11.6 Å². The van der Waals surface area contributed by atoms with Crippen molar-refractivity contribution < 1.29 is 28.2 Å². The summed E-state index contributed by atoms with van der Waals surface area (Å²) in [5.41, 5.74) is 1.98. The molecule has 41 heavy (non-hydrogen) atoms. The van der Waals surface area contributed by atoms with Gasteiger partial charge in [0.2, 0.25) is 5.82 Å². The number of benzene rings is 2. The molecule has 1 aliphatic rings. The maximum absolute atomic E-state index is 15.3. The van der Waals surface area contributed by atoms with Gasteiger partial charge in [-0.15, -0.1) is 0 Å². The molecule has 0 bridgehead atoms. The van der Waals surface area contributed by atoms with Crippen molar-refractivity contribution in [2.24, 2.45) is 0 Å². The van der Waals surface area contributed by atoms with Gasteiger partial charge in [-0.1, -0.05) is 29.8 Å². The number of carboxylic acids is 1. The van der Waals surface area contributed by atoms with Crippen LogP contribution in [-0.2, 0) is 24.1 Å². The number of nitrogens with zero attached hydrogens (tertiary/aromatic N) is 5. The van der Waals surface area contributed by atoms with Crippen LogP contribution < -0.4 is 4.74 Å². The minimum Gasteiger partial charge on any atom is -0.477 e. The van der Waals surface area contributed by atoms with Gasteiger partial charge in [-0.3, -0.25) is 0 Å². The van der Waals surface area contributed by atoms with Gasteiger partial charge >= 0.3 is 5.97 Å². The van der Waals surface area contributed by atoms with Gasteiger partial charge in [0.15, 0.2) is 11.3 Å². The number of pyridine rings is 1. The second-order valence-electron chi connectivity index (χ2n) is 9.54. The number of imidazole rings is 1. The topological polar surface area (TPSA) is 112 Å². The molecule has 0 unspecified atom stereocenters. The van der Waals surface area contributed by atoms with Crippen molar-refractivity contribution in [3.8, 4) is 11.6 Å². The first-order chi connectivity index (χ1) is 19.8. The highest BCUT2D eigenvalue weighted by Crippen LogP contribution is 2.27. The van der Waals surface area contributed by atoms with Crippen LogP contribution in [0, 0.1) is 11.6 Å². The third-order valence-corrected chi connectivity index (χ3v) is 6.95. The molecule has 0 saturated carbocycles. The second kappa shape index (κ2) is 11.2. The quantitative estimate of drug-likeness (QED) is 0.240. The fourth-order valence-corrected chi connectivity index (χ4v) is 4.60. The first kappa shape index (κ1) is 26.7. The minimum absolute atomic E-state index is 0.0606.